The predicted molar refractivity (Wildman–Crippen MR) is 91.6 cm³/mol. The van der Waals surface area contributed by atoms with E-state index in [0.717, 1.165) is 25.9 Å². The van der Waals surface area contributed by atoms with Crippen molar-refractivity contribution in [1.29, 1.82) is 0 Å². The highest BCUT2D eigenvalue weighted by Crippen LogP contribution is 2.13. The van der Waals surface area contributed by atoms with E-state index in [1.807, 2.05) is 7.05 Å². The average molecular weight is 318 g/mol. The number of hydrogen-bond acceptors (Lipinski definition) is 4. The lowest BCUT2D eigenvalue weighted by Gasteiger charge is -2.31. The van der Waals surface area contributed by atoms with E-state index in [1.54, 1.807) is 38.4 Å². The standard InChI is InChI=1S/C17H26N4O2/c1-18-15-8-5-9-21(11-15)12-16(22)19-14-7-4-6-13(10-14)17(23)20(2)3/h4,6-7,10,15,18H,5,8-9,11-12H2,1-3H3,(H,19,22). The van der Waals surface area contributed by atoms with E-state index in [2.05, 4.69) is 15.5 Å². The lowest BCUT2D eigenvalue weighted by molar-refractivity contribution is -0.117. The molecule has 6 nitrogen and oxygen atoms in total. The van der Waals surface area contributed by atoms with Crippen molar-refractivity contribution in [3.63, 3.8) is 0 Å². The van der Waals surface area contributed by atoms with Gasteiger partial charge in [-0.05, 0) is 44.6 Å². The summed E-state index contributed by atoms with van der Waals surface area (Å²) in [6, 6.07) is 7.51. The number of likely N-dealkylation sites (tertiary alicyclic amines) is 1. The summed E-state index contributed by atoms with van der Waals surface area (Å²) >= 11 is 0. The molecule has 1 saturated heterocycles. The maximum atomic E-state index is 12.2. The van der Waals surface area contributed by atoms with Gasteiger partial charge in [0, 0.05) is 37.9 Å². The minimum Gasteiger partial charge on any atom is -0.345 e. The molecule has 2 amide bonds. The summed E-state index contributed by atoms with van der Waals surface area (Å²) in [4.78, 5) is 27.9. The summed E-state index contributed by atoms with van der Waals surface area (Å²) in [5, 5.41) is 6.16. The zero-order valence-corrected chi connectivity index (χ0v) is 14.1. The quantitative estimate of drug-likeness (QED) is 0.850. The molecule has 2 N–H and O–H groups in total. The van der Waals surface area contributed by atoms with Gasteiger partial charge in [0.1, 0.15) is 0 Å². The molecule has 1 unspecified atom stereocenters. The van der Waals surface area contributed by atoms with Crippen molar-refractivity contribution in [3.8, 4) is 0 Å². The Labute approximate surface area is 137 Å². The number of carbonyl (C=O) groups is 2. The van der Waals surface area contributed by atoms with Crippen molar-refractivity contribution in [2.45, 2.75) is 18.9 Å². The smallest absolute Gasteiger partial charge is 0.253 e. The van der Waals surface area contributed by atoms with Gasteiger partial charge in [0.2, 0.25) is 5.91 Å². The van der Waals surface area contributed by atoms with Gasteiger partial charge in [-0.3, -0.25) is 14.5 Å². The van der Waals surface area contributed by atoms with Crippen LogP contribution in [0.4, 0.5) is 5.69 Å². The molecule has 6 heteroatoms. The molecular formula is C17H26N4O2. The first-order valence-electron chi connectivity index (χ1n) is 8.01. The zero-order valence-electron chi connectivity index (χ0n) is 14.1. The molecule has 1 fully saturated rings. The molecule has 0 aromatic heterocycles. The number of piperidine rings is 1. The van der Waals surface area contributed by atoms with Crippen LogP contribution in [0.3, 0.4) is 0 Å². The predicted octanol–water partition coefficient (Wildman–Crippen LogP) is 1.01. The van der Waals surface area contributed by atoms with Crippen LogP contribution in [-0.2, 0) is 4.79 Å². The van der Waals surface area contributed by atoms with Crippen LogP contribution in [0.15, 0.2) is 24.3 Å². The van der Waals surface area contributed by atoms with E-state index in [9.17, 15) is 9.59 Å². The first kappa shape index (κ1) is 17.4. The van der Waals surface area contributed by atoms with Crippen LogP contribution in [0, 0.1) is 0 Å². The Bertz CT molecular complexity index is 559. The third kappa shape index (κ3) is 5.04. The van der Waals surface area contributed by atoms with Crippen LogP contribution in [0.1, 0.15) is 23.2 Å². The second-order valence-corrected chi connectivity index (χ2v) is 6.19. The second kappa shape index (κ2) is 8.08. The molecule has 0 aliphatic carbocycles. The summed E-state index contributed by atoms with van der Waals surface area (Å²) in [6.45, 7) is 2.22. The highest BCUT2D eigenvalue weighted by Gasteiger charge is 2.20. The third-order valence-electron chi connectivity index (χ3n) is 4.08. The van der Waals surface area contributed by atoms with E-state index < -0.39 is 0 Å². The summed E-state index contributed by atoms with van der Waals surface area (Å²) < 4.78 is 0. The Balaban J connectivity index is 1.92. The van der Waals surface area contributed by atoms with Crippen LogP contribution < -0.4 is 10.6 Å². The fourth-order valence-electron chi connectivity index (χ4n) is 2.83. The average Bonchev–Trinajstić information content (AvgIpc) is 2.54. The zero-order chi connectivity index (χ0) is 16.8. The molecule has 2 rings (SSSR count). The van der Waals surface area contributed by atoms with Gasteiger partial charge in [0.05, 0.1) is 6.54 Å². The van der Waals surface area contributed by atoms with Crippen LogP contribution in [0.5, 0.6) is 0 Å². The van der Waals surface area contributed by atoms with Crippen molar-refractivity contribution in [2.75, 3.05) is 46.1 Å². The molecular weight excluding hydrogens is 292 g/mol. The van der Waals surface area contributed by atoms with Gasteiger partial charge < -0.3 is 15.5 Å². The number of carbonyl (C=O) groups excluding carboxylic acids is 2. The number of hydrogen-bond donors (Lipinski definition) is 2. The van der Waals surface area contributed by atoms with Gasteiger partial charge >= 0.3 is 0 Å². The number of likely N-dealkylation sites (N-methyl/N-ethyl adjacent to an activating group) is 1. The maximum absolute atomic E-state index is 12.2. The van der Waals surface area contributed by atoms with Gasteiger partial charge in [0.15, 0.2) is 0 Å². The Kier molecular flexibility index (Phi) is 6.12. The molecule has 0 saturated carbocycles. The molecule has 1 aromatic rings. The number of nitrogens with zero attached hydrogens (tertiary/aromatic N) is 2. The third-order valence-corrected chi connectivity index (χ3v) is 4.08. The minimum atomic E-state index is -0.0750. The normalized spacial score (nSPS) is 18.5. The van der Waals surface area contributed by atoms with Crippen LogP contribution in [-0.4, -0.2) is 68.4 Å². The molecule has 0 bridgehead atoms. The van der Waals surface area contributed by atoms with Gasteiger partial charge in [-0.15, -0.1) is 0 Å². The highest BCUT2D eigenvalue weighted by atomic mass is 16.2. The first-order valence-corrected chi connectivity index (χ1v) is 8.01. The van der Waals surface area contributed by atoms with Gasteiger partial charge in [0.25, 0.3) is 5.91 Å². The summed E-state index contributed by atoms with van der Waals surface area (Å²) in [5.74, 6) is -0.120. The Hall–Kier alpha value is -1.92. The van der Waals surface area contributed by atoms with Gasteiger partial charge in [-0.1, -0.05) is 6.07 Å². The van der Waals surface area contributed by atoms with E-state index in [1.165, 1.54) is 4.90 Å². The summed E-state index contributed by atoms with van der Waals surface area (Å²) in [7, 11) is 5.38. The van der Waals surface area contributed by atoms with E-state index in [4.69, 9.17) is 0 Å². The molecule has 1 aliphatic rings. The van der Waals surface area contributed by atoms with Gasteiger partial charge in [-0.2, -0.15) is 0 Å². The SMILES string of the molecule is CNC1CCCN(CC(=O)Nc2cccc(C(=O)N(C)C)c2)C1. The van der Waals surface area contributed by atoms with Crippen LogP contribution in [0.2, 0.25) is 0 Å². The number of anilines is 1. The highest BCUT2D eigenvalue weighted by molar-refractivity contribution is 5.97. The molecule has 1 heterocycles. The molecule has 1 atom stereocenters. The number of benzene rings is 1. The summed E-state index contributed by atoms with van der Waals surface area (Å²) in [5.41, 5.74) is 1.23. The molecule has 126 valence electrons. The van der Waals surface area contributed by atoms with Crippen molar-refractivity contribution < 1.29 is 9.59 Å². The Morgan fingerprint density at radius 1 is 1.35 bits per heavy atom. The van der Waals surface area contributed by atoms with Crippen molar-refractivity contribution in [3.05, 3.63) is 29.8 Å². The summed E-state index contributed by atoms with van der Waals surface area (Å²) in [6.07, 6.45) is 2.26. The fraction of sp³-hybridized carbons (Fsp3) is 0.529. The van der Waals surface area contributed by atoms with E-state index in [-0.39, 0.29) is 11.8 Å². The number of nitrogens with one attached hydrogen (secondary N) is 2. The Morgan fingerprint density at radius 3 is 2.83 bits per heavy atom. The largest absolute Gasteiger partial charge is 0.345 e. The number of rotatable bonds is 5. The van der Waals surface area contributed by atoms with Crippen molar-refractivity contribution in [2.24, 2.45) is 0 Å². The lowest BCUT2D eigenvalue weighted by Crippen LogP contribution is -2.46. The Morgan fingerprint density at radius 2 is 2.13 bits per heavy atom. The van der Waals surface area contributed by atoms with Crippen molar-refractivity contribution in [1.82, 2.24) is 15.1 Å². The topological polar surface area (TPSA) is 64.7 Å². The maximum Gasteiger partial charge on any atom is 0.253 e. The number of amides is 2. The molecule has 0 radical (unpaired) electrons. The monoisotopic (exact) mass is 318 g/mol. The van der Waals surface area contributed by atoms with E-state index >= 15 is 0 Å². The molecule has 1 aromatic carbocycles. The lowest BCUT2D eigenvalue weighted by atomic mass is 10.1. The van der Waals surface area contributed by atoms with Gasteiger partial charge in [-0.25, -0.2) is 0 Å². The first-order chi connectivity index (χ1) is 11.0. The van der Waals surface area contributed by atoms with Crippen molar-refractivity contribution >= 4 is 17.5 Å². The van der Waals surface area contributed by atoms with Crippen LogP contribution >= 0.6 is 0 Å². The molecule has 1 aliphatic heterocycles. The fourth-order valence-corrected chi connectivity index (χ4v) is 2.83. The van der Waals surface area contributed by atoms with E-state index in [0.29, 0.717) is 23.8 Å². The minimum absolute atomic E-state index is 0.0452. The van der Waals surface area contributed by atoms with Crippen LogP contribution in [0.25, 0.3) is 0 Å². The second-order valence-electron chi connectivity index (χ2n) is 6.19. The molecule has 23 heavy (non-hydrogen) atoms. The molecule has 0 spiro atoms.